The molecular formula is C21H24F3N5O4S. The van der Waals surface area contributed by atoms with Gasteiger partial charge in [-0.1, -0.05) is 0 Å². The number of pyridine rings is 1. The van der Waals surface area contributed by atoms with Crippen LogP contribution in [-0.4, -0.2) is 48.8 Å². The Kier molecular flexibility index (Phi) is 6.69. The van der Waals surface area contributed by atoms with Gasteiger partial charge in [0.25, 0.3) is 5.88 Å². The molecule has 2 unspecified atom stereocenters. The number of fused-ring (bicyclic) bond motifs is 1. The molecule has 0 spiro atoms. The zero-order valence-electron chi connectivity index (χ0n) is 18.7. The molecule has 3 N–H and O–H groups in total. The van der Waals surface area contributed by atoms with Crippen LogP contribution >= 0.6 is 0 Å². The number of nitrogens with zero attached hydrogens (tertiary/aromatic N) is 3. The quantitative estimate of drug-likeness (QED) is 0.476. The number of nitrogens with two attached hydrogens (primary N) is 1. The van der Waals surface area contributed by atoms with Crippen LogP contribution in [0.3, 0.4) is 0 Å². The summed E-state index contributed by atoms with van der Waals surface area (Å²) in [6.45, 7) is 2.67. The highest BCUT2D eigenvalue weighted by atomic mass is 32.2. The van der Waals surface area contributed by atoms with Gasteiger partial charge in [0.2, 0.25) is 11.5 Å². The second kappa shape index (κ2) is 9.39. The van der Waals surface area contributed by atoms with E-state index in [-0.39, 0.29) is 23.5 Å². The molecule has 2 aromatic rings. The predicted molar refractivity (Wildman–Crippen MR) is 121 cm³/mol. The first-order valence-corrected chi connectivity index (χ1v) is 11.5. The number of anilines is 2. The van der Waals surface area contributed by atoms with Crippen molar-refractivity contribution in [1.29, 1.82) is 0 Å². The van der Waals surface area contributed by atoms with Crippen LogP contribution in [0.15, 0.2) is 28.7 Å². The van der Waals surface area contributed by atoms with Crippen LogP contribution in [0.1, 0.15) is 36.1 Å². The van der Waals surface area contributed by atoms with Crippen LogP contribution in [0.4, 0.5) is 24.7 Å². The number of nitrogen functional groups attached to an aromatic ring is 1. The Morgan fingerprint density at radius 2 is 2.09 bits per heavy atom. The maximum absolute atomic E-state index is 13.3. The lowest BCUT2D eigenvalue weighted by molar-refractivity contribution is -0.137. The van der Waals surface area contributed by atoms with Crippen LogP contribution in [0, 0.1) is 0 Å². The van der Waals surface area contributed by atoms with E-state index in [1.807, 2.05) is 0 Å². The first-order valence-electron chi connectivity index (χ1n) is 10.4. The van der Waals surface area contributed by atoms with E-state index in [4.69, 9.17) is 19.9 Å². The third-order valence-corrected chi connectivity index (χ3v) is 6.40. The number of ether oxygens (including phenoxy) is 3. The van der Waals surface area contributed by atoms with Gasteiger partial charge in [-0.2, -0.15) is 22.5 Å². The first-order chi connectivity index (χ1) is 16.1. The van der Waals surface area contributed by atoms with Crippen molar-refractivity contribution in [2.75, 3.05) is 37.4 Å². The van der Waals surface area contributed by atoms with Crippen LogP contribution in [0.2, 0.25) is 0 Å². The maximum atomic E-state index is 13.3. The molecule has 1 fully saturated rings. The molecule has 0 bridgehead atoms. The van der Waals surface area contributed by atoms with Gasteiger partial charge in [-0.05, 0) is 35.1 Å². The lowest BCUT2D eigenvalue weighted by Gasteiger charge is -2.27. The Labute approximate surface area is 197 Å². The minimum absolute atomic E-state index is 0.0198. The molecule has 2 aliphatic rings. The number of hydrogen-bond acceptors (Lipinski definition) is 9. The second-order valence-electron chi connectivity index (χ2n) is 7.89. The molecule has 13 heteroatoms. The van der Waals surface area contributed by atoms with Gasteiger partial charge in [-0.3, -0.25) is 0 Å². The number of rotatable bonds is 5. The fourth-order valence-electron chi connectivity index (χ4n) is 3.64. The molecule has 1 aromatic heterocycles. The molecule has 3 atom stereocenters. The standard InChI is InChI=1S/C21H24F3N5O4S/c1-11(12-6-13(21(22,23)24)8-14(25)7-12)26-18-16-9-17(33-15-4-5-32-10-15)20(31-3)27-19(16)29(2)34(30)28-18/h6-9,11,15H,4-5,10,25H2,1-3H3,(H,26,28)/t11-,15?,34?/m1/s1. The van der Waals surface area contributed by atoms with Gasteiger partial charge in [0.05, 0.1) is 44.5 Å². The van der Waals surface area contributed by atoms with Crippen LogP contribution in [-0.2, 0) is 22.5 Å². The normalized spacial score (nSPS) is 21.0. The fraction of sp³-hybridized carbons (Fsp3) is 0.429. The highest BCUT2D eigenvalue weighted by molar-refractivity contribution is 7.91. The topological polar surface area (TPSA) is 117 Å². The maximum Gasteiger partial charge on any atom is 0.416 e. The van der Waals surface area contributed by atoms with Gasteiger partial charge >= 0.3 is 6.18 Å². The zero-order valence-corrected chi connectivity index (χ0v) is 19.5. The monoisotopic (exact) mass is 499 g/mol. The lowest BCUT2D eigenvalue weighted by atomic mass is 10.0. The summed E-state index contributed by atoms with van der Waals surface area (Å²) in [5.74, 6) is 1.06. The highest BCUT2D eigenvalue weighted by Gasteiger charge is 2.35. The molecular weight excluding hydrogens is 475 g/mol. The van der Waals surface area contributed by atoms with E-state index >= 15 is 0 Å². The van der Waals surface area contributed by atoms with E-state index < -0.39 is 29.3 Å². The average molecular weight is 500 g/mol. The summed E-state index contributed by atoms with van der Waals surface area (Å²) in [6.07, 6.45) is -4.01. The Morgan fingerprint density at radius 1 is 1.32 bits per heavy atom. The second-order valence-corrected chi connectivity index (χ2v) is 9.08. The number of halogens is 3. The number of alkyl halides is 3. The van der Waals surface area contributed by atoms with Crippen LogP contribution in [0.5, 0.6) is 11.6 Å². The number of aromatic nitrogens is 1. The summed E-state index contributed by atoms with van der Waals surface area (Å²) in [7, 11) is 3.00. The summed E-state index contributed by atoms with van der Waals surface area (Å²) < 4.78 is 74.6. The summed E-state index contributed by atoms with van der Waals surface area (Å²) in [5, 5.41) is 3.05. The number of nitrogens with one attached hydrogen (secondary N) is 1. The molecule has 1 saturated heterocycles. The van der Waals surface area contributed by atoms with Crippen LogP contribution in [0.25, 0.3) is 0 Å². The smallest absolute Gasteiger partial charge is 0.416 e. The van der Waals surface area contributed by atoms with Crippen molar-refractivity contribution < 1.29 is 31.9 Å². The number of methoxy groups -OCH3 is 1. The average Bonchev–Trinajstić information content (AvgIpc) is 3.29. The lowest BCUT2D eigenvalue weighted by Crippen LogP contribution is -2.38. The van der Waals surface area contributed by atoms with Gasteiger partial charge in [0.1, 0.15) is 6.10 Å². The van der Waals surface area contributed by atoms with Crippen molar-refractivity contribution >= 4 is 28.9 Å². The van der Waals surface area contributed by atoms with Gasteiger partial charge in [0, 0.05) is 18.2 Å². The molecule has 0 radical (unpaired) electrons. The number of amidine groups is 1. The molecule has 3 heterocycles. The molecule has 0 saturated carbocycles. The summed E-state index contributed by atoms with van der Waals surface area (Å²) >= 11 is -1.82. The van der Waals surface area contributed by atoms with Gasteiger partial charge in [0.15, 0.2) is 17.4 Å². The summed E-state index contributed by atoms with van der Waals surface area (Å²) in [5.41, 5.74) is 5.59. The van der Waals surface area contributed by atoms with Crippen molar-refractivity contribution in [2.45, 2.75) is 31.7 Å². The van der Waals surface area contributed by atoms with E-state index in [1.54, 1.807) is 20.0 Å². The molecule has 0 amide bonds. The number of hydrogen-bond donors (Lipinski definition) is 2. The van der Waals surface area contributed by atoms with Crippen molar-refractivity contribution in [2.24, 2.45) is 4.40 Å². The van der Waals surface area contributed by atoms with E-state index in [0.29, 0.717) is 42.3 Å². The predicted octanol–water partition coefficient (Wildman–Crippen LogP) is 2.98. The third-order valence-electron chi connectivity index (χ3n) is 5.42. The third kappa shape index (κ3) is 4.95. The Bertz CT molecular complexity index is 1090. The van der Waals surface area contributed by atoms with Gasteiger partial charge in [-0.15, -0.1) is 0 Å². The molecule has 34 heavy (non-hydrogen) atoms. The van der Waals surface area contributed by atoms with E-state index in [1.165, 1.54) is 17.5 Å². The zero-order chi connectivity index (χ0) is 24.6. The molecule has 1 aromatic carbocycles. The fourth-order valence-corrected chi connectivity index (χ4v) is 4.36. The minimum atomic E-state index is -4.54. The molecule has 2 aliphatic heterocycles. The first kappa shape index (κ1) is 24.2. The molecule has 184 valence electrons. The summed E-state index contributed by atoms with van der Waals surface area (Å²) in [6, 6.07) is 4.35. The highest BCUT2D eigenvalue weighted by Crippen LogP contribution is 2.37. The SMILES string of the molecule is COc1nc2c(cc1OC1CCOC1)C(N[C@H](C)c1cc(N)cc(C(F)(F)F)c1)=N[S+]([O-])N2C. The minimum Gasteiger partial charge on any atom is -0.566 e. The Balaban J connectivity index is 1.68. The van der Waals surface area contributed by atoms with E-state index in [0.717, 1.165) is 12.1 Å². The largest absolute Gasteiger partial charge is 0.566 e. The van der Waals surface area contributed by atoms with Gasteiger partial charge in [-0.25, -0.2) is 0 Å². The number of benzene rings is 1. The molecule has 9 nitrogen and oxygen atoms in total. The molecule has 4 rings (SSSR count). The Hall–Kier alpha value is -2.90. The summed E-state index contributed by atoms with van der Waals surface area (Å²) in [4.78, 5) is 4.45. The van der Waals surface area contributed by atoms with Crippen molar-refractivity contribution in [3.8, 4) is 11.6 Å². The van der Waals surface area contributed by atoms with Crippen molar-refractivity contribution in [3.05, 3.63) is 41.0 Å². The molecule has 0 aliphatic carbocycles. The van der Waals surface area contributed by atoms with E-state index in [9.17, 15) is 17.7 Å². The van der Waals surface area contributed by atoms with E-state index in [2.05, 4.69) is 14.7 Å². The van der Waals surface area contributed by atoms with Crippen molar-refractivity contribution in [1.82, 2.24) is 10.3 Å². The van der Waals surface area contributed by atoms with Crippen LogP contribution < -0.4 is 24.8 Å². The Morgan fingerprint density at radius 3 is 2.74 bits per heavy atom. The van der Waals surface area contributed by atoms with Crippen molar-refractivity contribution in [3.63, 3.8) is 0 Å². The van der Waals surface area contributed by atoms with Gasteiger partial charge < -0.3 is 29.8 Å².